The van der Waals surface area contributed by atoms with Gasteiger partial charge in [-0.1, -0.05) is 18.2 Å². The van der Waals surface area contributed by atoms with E-state index in [-0.39, 0.29) is 12.7 Å². The van der Waals surface area contributed by atoms with E-state index < -0.39 is 0 Å². The second-order valence-corrected chi connectivity index (χ2v) is 6.88. The van der Waals surface area contributed by atoms with Crippen LogP contribution in [0.1, 0.15) is 29.0 Å². The molecular formula is C22H22N2O4. The summed E-state index contributed by atoms with van der Waals surface area (Å²) in [6.07, 6.45) is 2.49. The van der Waals surface area contributed by atoms with Crippen LogP contribution in [0.4, 0.5) is 0 Å². The highest BCUT2D eigenvalue weighted by Crippen LogP contribution is 2.32. The molecule has 1 amide bonds. The van der Waals surface area contributed by atoms with Gasteiger partial charge in [-0.3, -0.25) is 4.79 Å². The zero-order valence-electron chi connectivity index (χ0n) is 16.0. The van der Waals surface area contributed by atoms with Gasteiger partial charge in [0, 0.05) is 24.9 Å². The van der Waals surface area contributed by atoms with Crippen molar-refractivity contribution in [3.05, 3.63) is 65.2 Å². The van der Waals surface area contributed by atoms with E-state index in [4.69, 9.17) is 13.9 Å². The number of oxazole rings is 1. The summed E-state index contributed by atoms with van der Waals surface area (Å²) in [5.74, 6) is 2.68. The number of aryl methyl sites for hydroxylation is 3. The van der Waals surface area contributed by atoms with Crippen LogP contribution in [0.5, 0.6) is 11.5 Å². The smallest absolute Gasteiger partial charge is 0.231 e. The summed E-state index contributed by atoms with van der Waals surface area (Å²) < 4.78 is 16.4. The van der Waals surface area contributed by atoms with E-state index >= 15 is 0 Å². The third-order valence-electron chi connectivity index (χ3n) is 4.84. The summed E-state index contributed by atoms with van der Waals surface area (Å²) >= 11 is 0. The first-order chi connectivity index (χ1) is 13.6. The van der Waals surface area contributed by atoms with E-state index in [9.17, 15) is 4.79 Å². The first-order valence-corrected chi connectivity index (χ1v) is 9.26. The largest absolute Gasteiger partial charge is 0.454 e. The second-order valence-electron chi connectivity index (χ2n) is 6.88. The lowest BCUT2D eigenvalue weighted by Crippen LogP contribution is -2.23. The van der Waals surface area contributed by atoms with Gasteiger partial charge in [0.2, 0.25) is 12.7 Å². The number of ether oxygens (including phenoxy) is 2. The molecule has 1 aliphatic rings. The Bertz CT molecular complexity index is 1010. The number of benzene rings is 2. The van der Waals surface area contributed by atoms with E-state index in [1.807, 2.05) is 24.3 Å². The molecule has 0 atom stereocenters. The van der Waals surface area contributed by atoms with Crippen LogP contribution in [-0.2, 0) is 17.8 Å². The lowest BCUT2D eigenvalue weighted by Gasteiger charge is -2.05. The van der Waals surface area contributed by atoms with E-state index in [0.717, 1.165) is 22.6 Å². The van der Waals surface area contributed by atoms with Crippen molar-refractivity contribution in [1.29, 1.82) is 0 Å². The monoisotopic (exact) mass is 378 g/mol. The molecule has 2 aromatic carbocycles. The van der Waals surface area contributed by atoms with Crippen molar-refractivity contribution < 1.29 is 18.7 Å². The number of hydrogen-bond donors (Lipinski definition) is 1. The Morgan fingerprint density at radius 2 is 1.93 bits per heavy atom. The average Bonchev–Trinajstić information content (AvgIpc) is 3.35. The Labute approximate surface area is 163 Å². The maximum atomic E-state index is 12.1. The van der Waals surface area contributed by atoms with Crippen molar-refractivity contribution >= 4 is 5.91 Å². The standard InChI is InChI=1S/C22H22N2O4/c1-14-3-5-17(9-15(14)2)20-12-24-22(28-20)8-7-21(25)23-11-16-4-6-18-19(10-16)27-13-26-18/h3-6,9-10,12H,7-8,11,13H2,1-2H3,(H,23,25). The van der Waals surface area contributed by atoms with Crippen LogP contribution in [0.3, 0.4) is 0 Å². The molecule has 3 aromatic rings. The molecular weight excluding hydrogens is 356 g/mol. The normalized spacial score (nSPS) is 12.2. The van der Waals surface area contributed by atoms with Gasteiger partial charge in [0.1, 0.15) is 0 Å². The van der Waals surface area contributed by atoms with Crippen molar-refractivity contribution in [1.82, 2.24) is 10.3 Å². The lowest BCUT2D eigenvalue weighted by atomic mass is 10.1. The minimum absolute atomic E-state index is 0.0522. The zero-order valence-corrected chi connectivity index (χ0v) is 16.0. The summed E-state index contributed by atoms with van der Waals surface area (Å²) in [6, 6.07) is 11.8. The molecule has 6 nitrogen and oxygen atoms in total. The summed E-state index contributed by atoms with van der Waals surface area (Å²) in [7, 11) is 0. The quantitative estimate of drug-likeness (QED) is 0.703. The third kappa shape index (κ3) is 4.01. The fourth-order valence-corrected chi connectivity index (χ4v) is 3.01. The molecule has 0 fully saturated rings. The summed E-state index contributed by atoms with van der Waals surface area (Å²) in [6.45, 7) is 4.83. The fraction of sp³-hybridized carbons (Fsp3) is 0.273. The summed E-state index contributed by atoms with van der Waals surface area (Å²) in [5.41, 5.74) is 4.40. The number of aromatic nitrogens is 1. The van der Waals surface area contributed by atoms with Crippen LogP contribution < -0.4 is 14.8 Å². The van der Waals surface area contributed by atoms with Gasteiger partial charge in [-0.15, -0.1) is 0 Å². The van der Waals surface area contributed by atoms with Crippen molar-refractivity contribution in [2.75, 3.05) is 6.79 Å². The molecule has 0 bridgehead atoms. The van der Waals surface area contributed by atoms with Crippen molar-refractivity contribution in [3.8, 4) is 22.8 Å². The number of carbonyl (C=O) groups excluding carboxylic acids is 1. The van der Waals surface area contributed by atoms with Crippen LogP contribution in [0.25, 0.3) is 11.3 Å². The van der Waals surface area contributed by atoms with Gasteiger partial charge < -0.3 is 19.2 Å². The number of nitrogens with zero attached hydrogens (tertiary/aromatic N) is 1. The minimum atomic E-state index is -0.0522. The Morgan fingerprint density at radius 3 is 2.79 bits per heavy atom. The molecule has 1 N–H and O–H groups in total. The molecule has 0 spiro atoms. The van der Waals surface area contributed by atoms with Gasteiger partial charge >= 0.3 is 0 Å². The number of hydrogen-bond acceptors (Lipinski definition) is 5. The Kier molecular flexibility index (Phi) is 5.02. The van der Waals surface area contributed by atoms with Gasteiger partial charge in [-0.2, -0.15) is 0 Å². The number of carbonyl (C=O) groups is 1. The molecule has 0 saturated carbocycles. The average molecular weight is 378 g/mol. The predicted octanol–water partition coefficient (Wildman–Crippen LogP) is 3.94. The van der Waals surface area contributed by atoms with Crippen LogP contribution in [0.2, 0.25) is 0 Å². The van der Waals surface area contributed by atoms with Gasteiger partial charge in [0.05, 0.1) is 6.20 Å². The van der Waals surface area contributed by atoms with E-state index in [1.165, 1.54) is 11.1 Å². The second kappa shape index (κ2) is 7.76. The van der Waals surface area contributed by atoms with Crippen molar-refractivity contribution in [2.24, 2.45) is 0 Å². The molecule has 0 saturated heterocycles. The van der Waals surface area contributed by atoms with Gasteiger partial charge in [0.15, 0.2) is 23.1 Å². The number of nitrogens with one attached hydrogen (secondary N) is 1. The molecule has 6 heteroatoms. The first kappa shape index (κ1) is 18.1. The van der Waals surface area contributed by atoms with Gasteiger partial charge in [-0.25, -0.2) is 4.98 Å². The van der Waals surface area contributed by atoms with Crippen molar-refractivity contribution in [3.63, 3.8) is 0 Å². The molecule has 4 rings (SSSR count). The summed E-state index contributed by atoms with van der Waals surface area (Å²) in [4.78, 5) is 16.4. The van der Waals surface area contributed by atoms with Gasteiger partial charge in [-0.05, 0) is 48.7 Å². The molecule has 0 unspecified atom stereocenters. The van der Waals surface area contributed by atoms with Crippen molar-refractivity contribution in [2.45, 2.75) is 33.2 Å². The molecule has 0 radical (unpaired) electrons. The third-order valence-corrected chi connectivity index (χ3v) is 4.84. The number of amides is 1. The summed E-state index contributed by atoms with van der Waals surface area (Å²) in [5, 5.41) is 2.91. The highest BCUT2D eigenvalue weighted by atomic mass is 16.7. The zero-order chi connectivity index (χ0) is 19.5. The van der Waals surface area contributed by atoms with Crippen LogP contribution in [0, 0.1) is 13.8 Å². The number of rotatable bonds is 6. The van der Waals surface area contributed by atoms with Crippen LogP contribution >= 0.6 is 0 Å². The Morgan fingerprint density at radius 1 is 1.07 bits per heavy atom. The molecule has 1 aliphatic heterocycles. The number of fused-ring (bicyclic) bond motifs is 1. The Balaban J connectivity index is 1.29. The maximum absolute atomic E-state index is 12.1. The van der Waals surface area contributed by atoms with Gasteiger partial charge in [0.25, 0.3) is 0 Å². The first-order valence-electron chi connectivity index (χ1n) is 9.26. The van der Waals surface area contributed by atoms with E-state index in [2.05, 4.69) is 36.3 Å². The van der Waals surface area contributed by atoms with Crippen LogP contribution in [0.15, 0.2) is 47.0 Å². The molecule has 28 heavy (non-hydrogen) atoms. The highest BCUT2D eigenvalue weighted by Gasteiger charge is 2.14. The SMILES string of the molecule is Cc1ccc(-c2cnc(CCC(=O)NCc3ccc4c(c3)OCO4)o2)cc1C. The lowest BCUT2D eigenvalue weighted by molar-refractivity contribution is -0.121. The predicted molar refractivity (Wildman–Crippen MR) is 104 cm³/mol. The maximum Gasteiger partial charge on any atom is 0.231 e. The topological polar surface area (TPSA) is 73.6 Å². The minimum Gasteiger partial charge on any atom is -0.454 e. The molecule has 1 aromatic heterocycles. The molecule has 2 heterocycles. The molecule has 144 valence electrons. The molecule has 0 aliphatic carbocycles. The van der Waals surface area contributed by atoms with E-state index in [1.54, 1.807) is 6.20 Å². The Hall–Kier alpha value is -3.28. The fourth-order valence-electron chi connectivity index (χ4n) is 3.01. The van der Waals surface area contributed by atoms with E-state index in [0.29, 0.717) is 31.0 Å². The van der Waals surface area contributed by atoms with Crippen LogP contribution in [-0.4, -0.2) is 17.7 Å². The highest BCUT2D eigenvalue weighted by molar-refractivity contribution is 5.76.